The van der Waals surface area contributed by atoms with E-state index >= 15 is 0 Å². The van der Waals surface area contributed by atoms with Crippen LogP contribution in [0.2, 0.25) is 0 Å². The van der Waals surface area contributed by atoms with Crippen molar-refractivity contribution in [2.75, 3.05) is 28.8 Å². The summed E-state index contributed by atoms with van der Waals surface area (Å²) in [4.78, 5) is 27.0. The van der Waals surface area contributed by atoms with Crippen LogP contribution < -0.4 is 15.0 Å². The van der Waals surface area contributed by atoms with E-state index in [4.69, 9.17) is 9.84 Å². The molecule has 2 aromatic rings. The summed E-state index contributed by atoms with van der Waals surface area (Å²) >= 11 is -0.0123. The van der Waals surface area contributed by atoms with E-state index in [9.17, 15) is 18.5 Å². The molecule has 0 radical (unpaired) electrons. The average molecular weight is 619 g/mol. The molecule has 0 aliphatic carbocycles. The smallest absolute Gasteiger partial charge is 0.368 e. The predicted octanol–water partition coefficient (Wildman–Crippen LogP) is 8.29. The van der Waals surface area contributed by atoms with Crippen molar-refractivity contribution in [3.05, 3.63) is 48.5 Å². The molecule has 0 bridgehead atoms. The molecule has 0 saturated heterocycles. The van der Waals surface area contributed by atoms with E-state index in [1.54, 1.807) is 6.07 Å². The van der Waals surface area contributed by atoms with E-state index in [2.05, 4.69) is 24.1 Å². The third-order valence-corrected chi connectivity index (χ3v) is 9.90. The van der Waals surface area contributed by atoms with Crippen molar-refractivity contribution in [1.29, 1.82) is 0 Å². The SMILES string of the molecule is CCCCC1(CCCC)CN(c2ccc(NC(=O)C(C)(C)C)cc2)c2cc(SC)c(O/C=C(\F)C(=O)O)cc2[S+]([O-])C1. The Morgan fingerprint density at radius 3 is 2.31 bits per heavy atom. The molecule has 42 heavy (non-hydrogen) atoms. The van der Waals surface area contributed by atoms with Crippen LogP contribution in [-0.4, -0.2) is 40.1 Å². The van der Waals surface area contributed by atoms with E-state index in [1.807, 2.05) is 57.4 Å². The van der Waals surface area contributed by atoms with Crippen molar-refractivity contribution in [2.24, 2.45) is 10.8 Å². The van der Waals surface area contributed by atoms with Crippen molar-refractivity contribution in [2.45, 2.75) is 82.9 Å². The number of thioether (sulfide) groups is 1. The minimum absolute atomic E-state index is 0.0746. The number of fused-ring (bicyclic) bond motifs is 1. The highest BCUT2D eigenvalue weighted by atomic mass is 32.2. The molecule has 1 amide bonds. The Bertz CT molecular complexity index is 1270. The van der Waals surface area contributed by atoms with Gasteiger partial charge in [-0.2, -0.15) is 4.39 Å². The number of carboxylic acid groups (broad SMARTS) is 1. The molecule has 0 fully saturated rings. The molecular formula is C32H43FN2O5S2. The normalized spacial score (nSPS) is 16.9. The number of carbonyl (C=O) groups is 2. The number of aliphatic carboxylic acids is 1. The van der Waals surface area contributed by atoms with Gasteiger partial charge in [-0.25, -0.2) is 4.79 Å². The zero-order valence-electron chi connectivity index (χ0n) is 25.4. The van der Waals surface area contributed by atoms with Gasteiger partial charge in [0.1, 0.15) is 17.8 Å². The van der Waals surface area contributed by atoms with E-state index < -0.39 is 28.4 Å². The number of nitrogens with zero attached hydrogens (tertiary/aromatic N) is 1. The number of ether oxygens (including phenoxy) is 1. The summed E-state index contributed by atoms with van der Waals surface area (Å²) in [5.41, 5.74) is 1.64. The van der Waals surface area contributed by atoms with Crippen LogP contribution >= 0.6 is 11.8 Å². The molecule has 1 unspecified atom stereocenters. The Hall–Kier alpha value is -2.69. The molecule has 3 rings (SSSR count). The fourth-order valence-electron chi connectivity index (χ4n) is 4.97. The second-order valence-corrected chi connectivity index (χ2v) is 14.2. The maximum atomic E-state index is 14.1. The Morgan fingerprint density at radius 2 is 1.79 bits per heavy atom. The van der Waals surface area contributed by atoms with Crippen molar-refractivity contribution < 1.29 is 28.4 Å². The molecule has 2 N–H and O–H groups in total. The fourth-order valence-corrected chi connectivity index (χ4v) is 7.24. The van der Waals surface area contributed by atoms with Gasteiger partial charge in [0.2, 0.25) is 11.7 Å². The van der Waals surface area contributed by atoms with E-state index in [-0.39, 0.29) is 17.1 Å². The highest BCUT2D eigenvalue weighted by Gasteiger charge is 2.42. The monoisotopic (exact) mass is 618 g/mol. The molecule has 2 aromatic carbocycles. The number of halogens is 1. The third-order valence-electron chi connectivity index (χ3n) is 7.45. The summed E-state index contributed by atoms with van der Waals surface area (Å²) in [7, 11) is 0. The summed E-state index contributed by atoms with van der Waals surface area (Å²) in [6.07, 6.45) is 8.40. The number of rotatable bonds is 12. The maximum absolute atomic E-state index is 14.1. The van der Waals surface area contributed by atoms with Crippen molar-refractivity contribution in [1.82, 2.24) is 0 Å². The molecule has 0 spiro atoms. The van der Waals surface area contributed by atoms with Crippen LogP contribution in [0, 0.1) is 10.8 Å². The van der Waals surface area contributed by atoms with Crippen LogP contribution in [0.1, 0.15) is 73.1 Å². The van der Waals surface area contributed by atoms with Gasteiger partial charge in [-0.1, -0.05) is 60.3 Å². The number of nitrogens with one attached hydrogen (secondary N) is 1. The van der Waals surface area contributed by atoms with Gasteiger partial charge in [-0.05, 0) is 60.6 Å². The predicted molar refractivity (Wildman–Crippen MR) is 170 cm³/mol. The van der Waals surface area contributed by atoms with E-state index in [1.165, 1.54) is 11.8 Å². The quantitative estimate of drug-likeness (QED) is 0.107. The van der Waals surface area contributed by atoms with Gasteiger partial charge >= 0.3 is 5.97 Å². The van der Waals surface area contributed by atoms with Gasteiger partial charge in [-0.15, -0.1) is 11.8 Å². The number of hydrogen-bond acceptors (Lipinski definition) is 6. The van der Waals surface area contributed by atoms with Crippen LogP contribution in [-0.2, 0) is 20.8 Å². The van der Waals surface area contributed by atoms with Crippen LogP contribution in [0.25, 0.3) is 0 Å². The number of hydrogen-bond donors (Lipinski definition) is 2. The molecule has 230 valence electrons. The van der Waals surface area contributed by atoms with Gasteiger partial charge in [0.05, 0.1) is 10.6 Å². The molecule has 0 aromatic heterocycles. The number of carbonyl (C=O) groups excluding carboxylic acids is 1. The lowest BCUT2D eigenvalue weighted by Crippen LogP contribution is -2.38. The van der Waals surface area contributed by atoms with Gasteiger partial charge in [0.25, 0.3) is 0 Å². The summed E-state index contributed by atoms with van der Waals surface area (Å²) in [6.45, 7) is 10.6. The van der Waals surface area contributed by atoms with E-state index in [0.29, 0.717) is 34.0 Å². The molecule has 10 heteroatoms. The van der Waals surface area contributed by atoms with Crippen molar-refractivity contribution in [3.8, 4) is 5.75 Å². The Kier molecular flexibility index (Phi) is 11.8. The Labute approximate surface area is 256 Å². The molecule has 0 saturated carbocycles. The van der Waals surface area contributed by atoms with Crippen LogP contribution in [0.5, 0.6) is 5.75 Å². The van der Waals surface area contributed by atoms with E-state index in [0.717, 1.165) is 49.9 Å². The lowest BCUT2D eigenvalue weighted by Gasteiger charge is -2.36. The molecule has 1 aliphatic heterocycles. The fraction of sp³-hybridized carbons (Fsp3) is 0.500. The first-order valence-corrected chi connectivity index (χ1v) is 16.9. The van der Waals surface area contributed by atoms with Crippen molar-refractivity contribution >= 4 is 51.9 Å². The molecular weight excluding hydrogens is 575 g/mol. The highest BCUT2D eigenvalue weighted by Crippen LogP contribution is 2.48. The van der Waals surface area contributed by atoms with Crippen LogP contribution in [0.15, 0.2) is 58.3 Å². The van der Waals surface area contributed by atoms with Gasteiger partial charge in [0.15, 0.2) is 4.90 Å². The first-order valence-electron chi connectivity index (χ1n) is 14.4. The van der Waals surface area contributed by atoms with Gasteiger partial charge in [0, 0.05) is 34.8 Å². The lowest BCUT2D eigenvalue weighted by atomic mass is 9.79. The minimum Gasteiger partial charge on any atom is -0.611 e. The lowest BCUT2D eigenvalue weighted by molar-refractivity contribution is -0.134. The molecule has 1 atom stereocenters. The summed E-state index contributed by atoms with van der Waals surface area (Å²) in [5, 5.41) is 11.9. The minimum atomic E-state index is -1.72. The topological polar surface area (TPSA) is 102 Å². The standard InChI is InChI=1S/C32H43FN2O5S2/c1-7-9-15-32(16-10-8-2)20-35(23-13-11-22(12-14-23)34-30(38)31(3,4)5)25-17-27(41-6)26(18-28(25)42(39)21-32)40-19-24(33)29(36)37/h11-14,17-19H,7-10,15-16,20-21H2,1-6H3,(H,34,38)(H,36,37)/b24-19-. The third kappa shape index (κ3) is 8.45. The largest absolute Gasteiger partial charge is 0.611 e. The summed E-state index contributed by atoms with van der Waals surface area (Å²) < 4.78 is 33.3. The average Bonchev–Trinajstić information content (AvgIpc) is 3.07. The molecule has 7 nitrogen and oxygen atoms in total. The number of benzene rings is 2. The second kappa shape index (κ2) is 14.7. The zero-order valence-corrected chi connectivity index (χ0v) is 27.1. The molecule has 1 heterocycles. The number of unbranched alkanes of at least 4 members (excludes halogenated alkanes) is 2. The highest BCUT2D eigenvalue weighted by molar-refractivity contribution is 7.98. The van der Waals surface area contributed by atoms with Crippen LogP contribution in [0.4, 0.5) is 21.5 Å². The Balaban J connectivity index is 2.14. The number of carboxylic acids is 1. The number of amides is 1. The first-order chi connectivity index (χ1) is 19.8. The summed E-state index contributed by atoms with van der Waals surface area (Å²) in [5.74, 6) is -2.48. The van der Waals surface area contributed by atoms with Gasteiger partial charge in [-0.3, -0.25) is 4.79 Å². The van der Waals surface area contributed by atoms with Gasteiger partial charge < -0.3 is 24.6 Å². The van der Waals surface area contributed by atoms with Crippen LogP contribution in [0.3, 0.4) is 0 Å². The van der Waals surface area contributed by atoms with Crippen molar-refractivity contribution in [3.63, 3.8) is 0 Å². The maximum Gasteiger partial charge on any atom is 0.368 e. The zero-order chi connectivity index (χ0) is 31.1. The Morgan fingerprint density at radius 1 is 1.17 bits per heavy atom. The first kappa shape index (κ1) is 33.8. The number of anilines is 3. The second-order valence-electron chi connectivity index (χ2n) is 11.9. The molecule has 1 aliphatic rings. The summed E-state index contributed by atoms with van der Waals surface area (Å²) in [6, 6.07) is 11.2.